The summed E-state index contributed by atoms with van der Waals surface area (Å²) in [6.07, 6.45) is 3.67. The van der Waals surface area contributed by atoms with Crippen LogP contribution in [0.2, 0.25) is 5.02 Å². The van der Waals surface area contributed by atoms with E-state index in [9.17, 15) is 5.11 Å². The van der Waals surface area contributed by atoms with E-state index in [0.29, 0.717) is 34.3 Å². The van der Waals surface area contributed by atoms with Gasteiger partial charge in [0.25, 0.3) is 0 Å². The summed E-state index contributed by atoms with van der Waals surface area (Å²) in [6.45, 7) is 4.39. The summed E-state index contributed by atoms with van der Waals surface area (Å²) in [5.74, 6) is 2.02. The van der Waals surface area contributed by atoms with Gasteiger partial charge in [-0.2, -0.15) is 0 Å². The van der Waals surface area contributed by atoms with Gasteiger partial charge in [0.2, 0.25) is 0 Å². The Bertz CT molecular complexity index is 1260. The Hall–Kier alpha value is -3.59. The molecule has 0 saturated carbocycles. The molecule has 0 fully saturated rings. The minimum absolute atomic E-state index is 0.0875. The fourth-order valence-corrected chi connectivity index (χ4v) is 3.57. The van der Waals surface area contributed by atoms with Gasteiger partial charge in [0.1, 0.15) is 23.9 Å². The number of halogens is 1. The maximum atomic E-state index is 10.8. The van der Waals surface area contributed by atoms with Crippen molar-refractivity contribution in [3.05, 3.63) is 112 Å². The largest absolute Gasteiger partial charge is 0.507 e. The van der Waals surface area contributed by atoms with Crippen LogP contribution in [0, 0.1) is 13.8 Å². The van der Waals surface area contributed by atoms with Crippen LogP contribution in [0.3, 0.4) is 0 Å². The van der Waals surface area contributed by atoms with Gasteiger partial charge in [0, 0.05) is 36.1 Å². The van der Waals surface area contributed by atoms with E-state index in [-0.39, 0.29) is 5.75 Å². The molecule has 0 aromatic heterocycles. The van der Waals surface area contributed by atoms with Crippen LogP contribution in [0.15, 0.2) is 84.6 Å². The van der Waals surface area contributed by atoms with Crippen molar-refractivity contribution in [1.82, 2.24) is 4.90 Å². The first-order valence-corrected chi connectivity index (χ1v) is 10.6. The molecule has 0 aliphatic carbocycles. The molecule has 1 aliphatic rings. The molecular weight excluding hydrogens is 422 g/mol. The molecule has 1 heterocycles. The molecule has 5 heteroatoms. The molecule has 32 heavy (non-hydrogen) atoms. The highest BCUT2D eigenvalue weighted by Gasteiger charge is 2.19. The van der Waals surface area contributed by atoms with Crippen LogP contribution in [0.1, 0.15) is 22.3 Å². The molecule has 0 saturated heterocycles. The van der Waals surface area contributed by atoms with Crippen molar-refractivity contribution in [3.8, 4) is 17.2 Å². The molecule has 4 rings (SSSR count). The molecule has 4 nitrogen and oxygen atoms in total. The fourth-order valence-electron chi connectivity index (χ4n) is 3.35. The van der Waals surface area contributed by atoms with E-state index in [4.69, 9.17) is 21.1 Å². The second-order valence-corrected chi connectivity index (χ2v) is 8.21. The lowest BCUT2D eigenvalue weighted by molar-refractivity contribution is 0.304. The van der Waals surface area contributed by atoms with Crippen LogP contribution in [-0.4, -0.2) is 17.1 Å². The molecule has 0 amide bonds. The smallest absolute Gasteiger partial charge is 0.159 e. The molecule has 1 N–H and O–H groups in total. The Kier molecular flexibility index (Phi) is 6.27. The molecule has 0 bridgehead atoms. The first-order valence-electron chi connectivity index (χ1n) is 10.3. The Balaban J connectivity index is 1.57. The van der Waals surface area contributed by atoms with Crippen LogP contribution in [0.4, 0.5) is 0 Å². The van der Waals surface area contributed by atoms with Crippen LogP contribution in [-0.2, 0) is 6.61 Å². The highest BCUT2D eigenvalue weighted by molar-refractivity contribution is 6.30. The molecule has 3 aromatic rings. The summed E-state index contributed by atoms with van der Waals surface area (Å²) in [6, 6.07) is 18.8. The summed E-state index contributed by atoms with van der Waals surface area (Å²) >= 11 is 6.03. The van der Waals surface area contributed by atoms with Crippen molar-refractivity contribution >= 4 is 17.2 Å². The lowest BCUT2D eigenvalue weighted by atomic mass is 10.0. The predicted molar refractivity (Wildman–Crippen MR) is 128 cm³/mol. The molecular formula is C27H24ClNO3. The molecule has 0 radical (unpaired) electrons. The third-order valence-electron chi connectivity index (χ3n) is 5.08. The zero-order valence-electron chi connectivity index (χ0n) is 18.2. The van der Waals surface area contributed by atoms with Crippen LogP contribution in [0.5, 0.6) is 17.2 Å². The van der Waals surface area contributed by atoms with Crippen LogP contribution >= 0.6 is 11.6 Å². The summed E-state index contributed by atoms with van der Waals surface area (Å²) in [4.78, 5) is 1.86. The van der Waals surface area contributed by atoms with Crippen LogP contribution < -0.4 is 9.47 Å². The fraction of sp³-hybridized carbons (Fsp3) is 0.148. The lowest BCUT2D eigenvalue weighted by Gasteiger charge is -2.20. The number of allylic oxidation sites excluding steroid dienone is 1. The average molecular weight is 446 g/mol. The maximum absolute atomic E-state index is 10.8. The van der Waals surface area contributed by atoms with E-state index in [1.165, 1.54) is 0 Å². The monoisotopic (exact) mass is 445 g/mol. The van der Waals surface area contributed by atoms with Crippen molar-refractivity contribution in [2.24, 2.45) is 0 Å². The Morgan fingerprint density at radius 2 is 1.88 bits per heavy atom. The molecule has 0 spiro atoms. The highest BCUT2D eigenvalue weighted by atomic mass is 35.5. The van der Waals surface area contributed by atoms with E-state index >= 15 is 0 Å². The van der Waals surface area contributed by atoms with E-state index in [1.54, 1.807) is 12.3 Å². The number of ether oxygens (including phenoxy) is 2. The number of aryl methyl sites for hydroxylation is 2. The number of aromatic hydroxyl groups is 1. The van der Waals surface area contributed by atoms with Gasteiger partial charge in [0.15, 0.2) is 5.76 Å². The predicted octanol–water partition coefficient (Wildman–Crippen LogP) is 6.60. The SMILES string of the molecule is Cc1ccc(C)c(OC2=CN(C)C=C=C2c2ccc(OCc3cccc(Cl)c3)cc2O)c1. The number of hydrogen-bond acceptors (Lipinski definition) is 4. The number of nitrogens with zero attached hydrogens (tertiary/aromatic N) is 1. The third kappa shape index (κ3) is 5.00. The van der Waals surface area contributed by atoms with Crippen molar-refractivity contribution < 1.29 is 14.6 Å². The van der Waals surface area contributed by atoms with Gasteiger partial charge in [-0.15, -0.1) is 0 Å². The number of hydrogen-bond donors (Lipinski definition) is 1. The molecule has 3 aromatic carbocycles. The van der Waals surface area contributed by atoms with Gasteiger partial charge < -0.3 is 19.5 Å². The average Bonchev–Trinajstić information content (AvgIpc) is 2.76. The number of benzene rings is 3. The Morgan fingerprint density at radius 1 is 1.03 bits per heavy atom. The minimum atomic E-state index is 0.0875. The number of rotatable bonds is 6. The topological polar surface area (TPSA) is 41.9 Å². The second kappa shape index (κ2) is 9.27. The summed E-state index contributed by atoms with van der Waals surface area (Å²) < 4.78 is 12.1. The minimum Gasteiger partial charge on any atom is -0.507 e. The molecule has 0 unspecified atom stereocenters. The van der Waals surface area contributed by atoms with E-state index in [1.807, 2.05) is 86.6 Å². The molecule has 1 aliphatic heterocycles. The van der Waals surface area contributed by atoms with Crippen molar-refractivity contribution in [1.29, 1.82) is 0 Å². The van der Waals surface area contributed by atoms with Gasteiger partial charge in [-0.25, -0.2) is 0 Å². The zero-order chi connectivity index (χ0) is 22.7. The first kappa shape index (κ1) is 21.6. The third-order valence-corrected chi connectivity index (χ3v) is 5.31. The van der Waals surface area contributed by atoms with E-state index < -0.39 is 0 Å². The second-order valence-electron chi connectivity index (χ2n) is 7.78. The summed E-state index contributed by atoms with van der Waals surface area (Å²) in [7, 11) is 1.91. The summed E-state index contributed by atoms with van der Waals surface area (Å²) in [5, 5.41) is 11.4. The van der Waals surface area contributed by atoms with Gasteiger partial charge in [-0.3, -0.25) is 0 Å². The zero-order valence-corrected chi connectivity index (χ0v) is 19.0. The van der Waals surface area contributed by atoms with Gasteiger partial charge in [0.05, 0.1) is 5.57 Å². The van der Waals surface area contributed by atoms with Gasteiger partial charge in [-0.05, 0) is 60.9 Å². The van der Waals surface area contributed by atoms with Crippen molar-refractivity contribution in [2.45, 2.75) is 20.5 Å². The van der Waals surface area contributed by atoms with Crippen LogP contribution in [0.25, 0.3) is 5.57 Å². The quantitative estimate of drug-likeness (QED) is 0.434. The van der Waals surface area contributed by atoms with Gasteiger partial charge >= 0.3 is 0 Å². The van der Waals surface area contributed by atoms with Crippen molar-refractivity contribution in [3.63, 3.8) is 0 Å². The normalized spacial score (nSPS) is 12.9. The molecule has 0 atom stereocenters. The van der Waals surface area contributed by atoms with E-state index in [2.05, 4.69) is 5.73 Å². The lowest BCUT2D eigenvalue weighted by Crippen LogP contribution is -2.11. The number of phenolic OH excluding ortho intramolecular Hbond substituents is 1. The Labute approximate surface area is 193 Å². The Morgan fingerprint density at radius 3 is 2.66 bits per heavy atom. The maximum Gasteiger partial charge on any atom is 0.159 e. The van der Waals surface area contributed by atoms with E-state index in [0.717, 1.165) is 22.4 Å². The molecule has 162 valence electrons. The standard InChI is InChI=1S/C27H24ClNO3/c1-18-7-8-19(2)26(13-18)32-27-16-29(3)12-11-24(27)23-10-9-22(15-25(23)30)31-17-20-5-4-6-21(28)14-20/h4-10,12-16,30H,17H2,1-3H3. The first-order chi connectivity index (χ1) is 15.4. The number of phenols is 1. The highest BCUT2D eigenvalue weighted by Crippen LogP contribution is 2.36. The van der Waals surface area contributed by atoms with Gasteiger partial charge in [-0.1, -0.05) is 41.6 Å². The van der Waals surface area contributed by atoms with Crippen molar-refractivity contribution in [2.75, 3.05) is 7.05 Å². The summed E-state index contributed by atoms with van der Waals surface area (Å²) in [5.41, 5.74) is 7.60.